The molecule has 10 nitrogen and oxygen atoms in total. The normalized spacial score (nSPS) is 17.7. The minimum absolute atomic E-state index is 0.152. The quantitative estimate of drug-likeness (QED) is 0.399. The second kappa shape index (κ2) is 10.4. The molecule has 2 aromatic heterocycles. The number of benzene rings is 2. The molecule has 1 aliphatic heterocycles. The van der Waals surface area contributed by atoms with Gasteiger partial charge in [-0.2, -0.15) is 0 Å². The lowest BCUT2D eigenvalue weighted by Crippen LogP contribution is -2.49. The minimum Gasteiger partial charge on any atom is -0.493 e. The molecular formula is C28H33N7O3. The predicted octanol–water partition coefficient (Wildman–Crippen LogP) is 3.56. The maximum atomic E-state index is 13.6. The second-order valence-electron chi connectivity index (χ2n) is 10.0. The fourth-order valence-electron chi connectivity index (χ4n) is 5.92. The number of hydrogen-bond acceptors (Lipinski definition) is 8. The van der Waals surface area contributed by atoms with Gasteiger partial charge >= 0.3 is 0 Å². The standard InChI is InChI=1S/C28H33N7O3/c1-37-24-17-19-16-22(28(36)29-23(19)18-25(24)38-2)26(27-30-31-32-35(27)21-10-6-7-11-21)34-14-12-33(13-15-34)20-8-4-3-5-9-20/h3-5,8-9,16-18,21,26H,6-7,10-15H2,1-2H3,(H,29,36)/t26-/m0/s1. The van der Waals surface area contributed by atoms with Crippen LogP contribution in [-0.2, 0) is 0 Å². The zero-order chi connectivity index (χ0) is 26.1. The average Bonchev–Trinajstić information content (AvgIpc) is 3.66. The van der Waals surface area contributed by atoms with Gasteiger partial charge in [-0.05, 0) is 47.5 Å². The van der Waals surface area contributed by atoms with E-state index in [1.165, 1.54) is 18.5 Å². The van der Waals surface area contributed by atoms with Crippen LogP contribution in [0.2, 0.25) is 0 Å². The third kappa shape index (κ3) is 4.49. The Bertz CT molecular complexity index is 1450. The lowest BCUT2D eigenvalue weighted by atomic mass is 10.0. The van der Waals surface area contributed by atoms with E-state index in [0.717, 1.165) is 50.2 Å². The molecule has 0 amide bonds. The van der Waals surface area contributed by atoms with E-state index in [1.54, 1.807) is 20.3 Å². The Kier molecular flexibility index (Phi) is 6.71. The van der Waals surface area contributed by atoms with Crippen molar-refractivity contribution in [2.75, 3.05) is 45.3 Å². The summed E-state index contributed by atoms with van der Waals surface area (Å²) in [5.74, 6) is 1.92. The molecule has 38 heavy (non-hydrogen) atoms. The summed E-state index contributed by atoms with van der Waals surface area (Å²) in [6.45, 7) is 3.25. The van der Waals surface area contributed by atoms with Crippen molar-refractivity contribution in [3.63, 3.8) is 0 Å². The summed E-state index contributed by atoms with van der Waals surface area (Å²) in [6, 6.07) is 16.0. The molecule has 0 unspecified atom stereocenters. The van der Waals surface area contributed by atoms with Gasteiger partial charge in [0.2, 0.25) is 0 Å². The van der Waals surface area contributed by atoms with Crippen LogP contribution in [0.1, 0.15) is 49.2 Å². The number of hydrogen-bond donors (Lipinski definition) is 1. The molecule has 1 saturated carbocycles. The van der Waals surface area contributed by atoms with Crippen LogP contribution in [0, 0.1) is 0 Å². The number of anilines is 1. The van der Waals surface area contributed by atoms with E-state index in [0.29, 0.717) is 22.6 Å². The molecule has 2 aromatic carbocycles. The Labute approximate surface area is 221 Å². The second-order valence-corrected chi connectivity index (χ2v) is 10.0. The molecule has 1 saturated heterocycles. The van der Waals surface area contributed by atoms with Gasteiger partial charge in [-0.15, -0.1) is 5.10 Å². The summed E-state index contributed by atoms with van der Waals surface area (Å²) in [4.78, 5) is 21.5. The molecule has 6 rings (SSSR count). The van der Waals surface area contributed by atoms with Gasteiger partial charge < -0.3 is 19.4 Å². The SMILES string of the molecule is COc1cc2cc([C@@H](c3nnnn3C3CCCC3)N3CCN(c4ccccc4)CC3)c(=O)[nH]c2cc1OC. The van der Waals surface area contributed by atoms with Crippen LogP contribution in [-0.4, -0.2) is 70.5 Å². The van der Waals surface area contributed by atoms with E-state index < -0.39 is 0 Å². The van der Waals surface area contributed by atoms with Crippen molar-refractivity contribution in [3.05, 3.63) is 70.3 Å². The number of rotatable bonds is 7. The first kappa shape index (κ1) is 24.4. The number of fused-ring (bicyclic) bond motifs is 1. The maximum absolute atomic E-state index is 13.6. The molecule has 2 fully saturated rings. The van der Waals surface area contributed by atoms with E-state index >= 15 is 0 Å². The Morgan fingerprint density at radius 1 is 0.947 bits per heavy atom. The van der Waals surface area contributed by atoms with Crippen molar-refractivity contribution >= 4 is 16.6 Å². The summed E-state index contributed by atoms with van der Waals surface area (Å²) in [5.41, 5.74) is 2.39. The van der Waals surface area contributed by atoms with E-state index in [9.17, 15) is 4.79 Å². The van der Waals surface area contributed by atoms with Crippen LogP contribution in [0.15, 0.2) is 53.3 Å². The highest BCUT2D eigenvalue weighted by Gasteiger charge is 2.35. The summed E-state index contributed by atoms with van der Waals surface area (Å²) in [6.07, 6.45) is 4.44. The fourth-order valence-corrected chi connectivity index (χ4v) is 5.92. The molecule has 3 heterocycles. The molecular weight excluding hydrogens is 482 g/mol. The largest absolute Gasteiger partial charge is 0.493 e. The van der Waals surface area contributed by atoms with Crippen molar-refractivity contribution < 1.29 is 9.47 Å². The molecule has 0 radical (unpaired) electrons. The lowest BCUT2D eigenvalue weighted by molar-refractivity contribution is 0.197. The number of nitrogens with zero attached hydrogens (tertiary/aromatic N) is 6. The van der Waals surface area contributed by atoms with Gasteiger partial charge in [-0.3, -0.25) is 9.69 Å². The first-order valence-electron chi connectivity index (χ1n) is 13.3. The number of aromatic nitrogens is 5. The first-order valence-corrected chi connectivity index (χ1v) is 13.3. The molecule has 10 heteroatoms. The third-order valence-electron chi connectivity index (χ3n) is 7.91. The monoisotopic (exact) mass is 515 g/mol. The average molecular weight is 516 g/mol. The lowest BCUT2D eigenvalue weighted by Gasteiger charge is -2.39. The summed E-state index contributed by atoms with van der Waals surface area (Å²) >= 11 is 0. The zero-order valence-electron chi connectivity index (χ0n) is 21.8. The van der Waals surface area contributed by atoms with Crippen LogP contribution in [0.3, 0.4) is 0 Å². The van der Waals surface area contributed by atoms with Gasteiger partial charge in [0.1, 0.15) is 6.04 Å². The smallest absolute Gasteiger partial charge is 0.253 e. The number of methoxy groups -OCH3 is 2. The Balaban J connectivity index is 1.42. The Hall–Kier alpha value is -3.92. The van der Waals surface area contributed by atoms with Crippen molar-refractivity contribution in [1.82, 2.24) is 30.1 Å². The van der Waals surface area contributed by atoms with E-state index in [2.05, 4.69) is 54.6 Å². The van der Waals surface area contributed by atoms with Crippen LogP contribution in [0.4, 0.5) is 5.69 Å². The van der Waals surface area contributed by atoms with E-state index in [4.69, 9.17) is 9.47 Å². The molecule has 4 aromatic rings. The number of aromatic amines is 1. The van der Waals surface area contributed by atoms with Crippen LogP contribution >= 0.6 is 0 Å². The maximum Gasteiger partial charge on any atom is 0.253 e. The number of piperazine rings is 1. The predicted molar refractivity (Wildman–Crippen MR) is 145 cm³/mol. The van der Waals surface area contributed by atoms with Gasteiger partial charge in [0.25, 0.3) is 5.56 Å². The summed E-state index contributed by atoms with van der Waals surface area (Å²) in [7, 11) is 3.20. The number of H-pyrrole nitrogens is 1. The highest BCUT2D eigenvalue weighted by molar-refractivity contribution is 5.83. The van der Waals surface area contributed by atoms with E-state index in [-0.39, 0.29) is 17.6 Å². The number of pyridine rings is 1. The fraction of sp³-hybridized carbons (Fsp3) is 0.429. The molecule has 0 bridgehead atoms. The van der Waals surface area contributed by atoms with Crippen molar-refractivity contribution in [3.8, 4) is 11.5 Å². The van der Waals surface area contributed by atoms with Crippen molar-refractivity contribution in [2.45, 2.75) is 37.8 Å². The number of ether oxygens (including phenoxy) is 2. The Morgan fingerprint density at radius 3 is 2.37 bits per heavy atom. The summed E-state index contributed by atoms with van der Waals surface area (Å²) in [5, 5.41) is 13.9. The summed E-state index contributed by atoms with van der Waals surface area (Å²) < 4.78 is 13.0. The highest BCUT2D eigenvalue weighted by atomic mass is 16.5. The van der Waals surface area contributed by atoms with Crippen molar-refractivity contribution in [1.29, 1.82) is 0 Å². The van der Waals surface area contributed by atoms with Gasteiger partial charge in [0.15, 0.2) is 17.3 Å². The topological polar surface area (TPSA) is 101 Å². The third-order valence-corrected chi connectivity index (χ3v) is 7.91. The molecule has 198 valence electrons. The molecule has 1 atom stereocenters. The van der Waals surface area contributed by atoms with Gasteiger partial charge in [0.05, 0.1) is 25.8 Å². The zero-order valence-corrected chi connectivity index (χ0v) is 21.8. The highest BCUT2D eigenvalue weighted by Crippen LogP contribution is 2.36. The van der Waals surface area contributed by atoms with E-state index in [1.807, 2.05) is 22.9 Å². The number of nitrogens with one attached hydrogen (secondary N) is 1. The molecule has 0 spiro atoms. The van der Waals surface area contributed by atoms with Crippen LogP contribution in [0.5, 0.6) is 11.5 Å². The first-order chi connectivity index (χ1) is 18.7. The van der Waals surface area contributed by atoms with Gasteiger partial charge in [0, 0.05) is 48.9 Å². The number of para-hydroxylation sites is 1. The minimum atomic E-state index is -0.371. The van der Waals surface area contributed by atoms with Crippen LogP contribution in [0.25, 0.3) is 10.9 Å². The number of tetrazole rings is 1. The van der Waals surface area contributed by atoms with Crippen molar-refractivity contribution in [2.24, 2.45) is 0 Å². The van der Waals surface area contributed by atoms with Crippen LogP contribution < -0.4 is 19.9 Å². The molecule has 2 aliphatic rings. The molecule has 1 aliphatic carbocycles. The van der Waals surface area contributed by atoms with Gasteiger partial charge in [-0.25, -0.2) is 4.68 Å². The Morgan fingerprint density at radius 2 is 1.66 bits per heavy atom. The van der Waals surface area contributed by atoms with Gasteiger partial charge in [-0.1, -0.05) is 31.0 Å². The molecule has 1 N–H and O–H groups in total.